The molecule has 1 aliphatic heterocycles. The lowest BCUT2D eigenvalue weighted by atomic mass is 9.74. The molecule has 2 saturated carbocycles. The molecule has 0 radical (unpaired) electrons. The fraction of sp³-hybridized carbons (Fsp3) is 0.410. The maximum Gasteiger partial charge on any atom is 0.408 e. The lowest BCUT2D eigenvalue weighted by Crippen LogP contribution is -2.52. The van der Waals surface area contributed by atoms with Gasteiger partial charge in [-0.25, -0.2) is 28.1 Å². The van der Waals surface area contributed by atoms with E-state index in [0.717, 1.165) is 33.0 Å². The van der Waals surface area contributed by atoms with E-state index in [0.29, 0.717) is 33.2 Å². The third kappa shape index (κ3) is 9.36. The van der Waals surface area contributed by atoms with E-state index in [9.17, 15) is 50.2 Å². The van der Waals surface area contributed by atoms with E-state index in [2.05, 4.69) is 25.6 Å². The number of carbonyl (C=O) groups is 4. The van der Waals surface area contributed by atoms with Gasteiger partial charge in [-0.2, -0.15) is 46.7 Å². The fourth-order valence-electron chi connectivity index (χ4n) is 7.26. The number of aliphatic carboxylic acids is 2. The third-order valence-corrected chi connectivity index (χ3v) is 11.4. The highest BCUT2D eigenvalue weighted by molar-refractivity contribution is 6.33. The van der Waals surface area contributed by atoms with Crippen LogP contribution in [0.1, 0.15) is 75.7 Å². The van der Waals surface area contributed by atoms with Crippen molar-refractivity contribution in [2.75, 3.05) is 6.54 Å². The highest BCUT2D eigenvalue weighted by Crippen LogP contribution is 2.51. The summed E-state index contributed by atoms with van der Waals surface area (Å²) < 4.78 is 101. The van der Waals surface area contributed by atoms with Crippen LogP contribution in [-0.2, 0) is 19.9 Å². The van der Waals surface area contributed by atoms with E-state index in [1.807, 2.05) is 0 Å². The third-order valence-electron chi connectivity index (χ3n) is 11.0. The van der Waals surface area contributed by atoms with Gasteiger partial charge in [0, 0.05) is 29.8 Å². The maximum atomic E-state index is 15.0. The normalized spacial score (nSPS) is 18.8. The molecule has 0 unspecified atom stereocenters. The highest BCUT2D eigenvalue weighted by atomic mass is 35.5. The summed E-state index contributed by atoms with van der Waals surface area (Å²) in [6.07, 6.45) is -5.93. The Bertz CT molecular complexity index is 2460. The zero-order valence-corrected chi connectivity index (χ0v) is 34.2. The Morgan fingerprint density at radius 3 is 2.14 bits per heavy atom. The van der Waals surface area contributed by atoms with Crippen molar-refractivity contribution in [3.63, 3.8) is 0 Å². The summed E-state index contributed by atoms with van der Waals surface area (Å²) >= 11 is 6.40. The first-order chi connectivity index (χ1) is 29.9. The second kappa shape index (κ2) is 17.5. The van der Waals surface area contributed by atoms with Crippen LogP contribution in [0.2, 0.25) is 5.02 Å². The molecule has 4 aromatic rings. The summed E-state index contributed by atoms with van der Waals surface area (Å²) in [6.45, 7) is -2.31. The van der Waals surface area contributed by atoms with Crippen molar-refractivity contribution < 1.29 is 65.2 Å². The van der Waals surface area contributed by atoms with Gasteiger partial charge >= 0.3 is 30.8 Å². The molecule has 25 heteroatoms. The number of nitrogens with one attached hydrogen (secondary N) is 2. The van der Waals surface area contributed by atoms with Gasteiger partial charge in [-0.15, -0.1) is 0 Å². The standard InChI is InChI=1S/C35H34ClF7N10O3.C4H4O4/c1-32(2,35(41,42)43)16-34(20-6-3-18(4-7-20)24-14-46-53(49-24)21-8-9-21)28(54)51(30(44)48-34)25(15-50(31(55)56)33(11-12-33)27(37)38)19-5-10-23(36)22(13-19)26-45-17-47-52(26)29(39)40;5-3(6)1-2-4(7)8/h3-7,10,13-14,17,21,25,27,29H,8-9,11-12,15-16H2,1-2H3,(H2,44,48)(H,55,56);1-2H,(H,5,6)(H,7,8)/b;2-1-/t25-,34-;/m1./s1. The van der Waals surface area contributed by atoms with E-state index >= 15 is 4.79 Å². The van der Waals surface area contributed by atoms with Gasteiger partial charge in [0.05, 0.1) is 28.7 Å². The molecule has 17 nitrogen and oxygen atoms in total. The Kier molecular flexibility index (Phi) is 12.8. The minimum Gasteiger partial charge on any atom is -0.478 e. The number of carbonyl (C=O) groups excluding carboxylic acids is 1. The number of guanidine groups is 1. The average Bonchev–Trinajstić information content (AvgIpc) is 4.10. The molecule has 2 atom stereocenters. The van der Waals surface area contributed by atoms with Gasteiger partial charge in [0.25, 0.3) is 12.3 Å². The van der Waals surface area contributed by atoms with Gasteiger partial charge < -0.3 is 20.6 Å². The van der Waals surface area contributed by atoms with Gasteiger partial charge in [0.2, 0.25) is 0 Å². The molecule has 3 fully saturated rings. The quantitative estimate of drug-likeness (QED) is 0.0582. The predicted octanol–water partition coefficient (Wildman–Crippen LogP) is 7.36. The molecule has 2 aromatic carbocycles. The van der Waals surface area contributed by atoms with E-state index in [1.165, 1.54) is 48.7 Å². The van der Waals surface area contributed by atoms with E-state index in [1.54, 1.807) is 4.80 Å². The Hall–Kier alpha value is -6.59. The van der Waals surface area contributed by atoms with E-state index in [4.69, 9.17) is 27.2 Å². The summed E-state index contributed by atoms with van der Waals surface area (Å²) in [5.74, 6) is -4.85. The number of hydrogen-bond donors (Lipinski definition) is 5. The molecule has 2 aliphatic carbocycles. The molecule has 0 bridgehead atoms. The lowest BCUT2D eigenvalue weighted by molar-refractivity contribution is -0.218. The van der Waals surface area contributed by atoms with Crippen molar-refractivity contribution in [2.24, 2.45) is 5.41 Å². The Labute approximate surface area is 362 Å². The van der Waals surface area contributed by atoms with Crippen molar-refractivity contribution in [1.82, 2.24) is 44.9 Å². The van der Waals surface area contributed by atoms with Crippen LogP contribution in [0.25, 0.3) is 22.6 Å². The second-order valence-corrected chi connectivity index (χ2v) is 16.2. The van der Waals surface area contributed by atoms with E-state index in [-0.39, 0.29) is 45.3 Å². The molecule has 5 N–H and O–H groups in total. The number of amides is 2. The van der Waals surface area contributed by atoms with Crippen molar-refractivity contribution in [3.8, 4) is 22.6 Å². The summed E-state index contributed by atoms with van der Waals surface area (Å²) in [6, 6.07) is 8.03. The summed E-state index contributed by atoms with van der Waals surface area (Å²) in [5, 5.41) is 49.7. The van der Waals surface area contributed by atoms with E-state index < -0.39 is 90.4 Å². The largest absolute Gasteiger partial charge is 0.478 e. The summed E-state index contributed by atoms with van der Waals surface area (Å²) in [5.41, 5.74) is -6.27. The molecule has 0 spiro atoms. The van der Waals surface area contributed by atoms with Crippen molar-refractivity contribution in [3.05, 3.63) is 83.3 Å². The predicted molar refractivity (Wildman–Crippen MR) is 209 cm³/mol. The van der Waals surface area contributed by atoms with Crippen molar-refractivity contribution >= 4 is 41.5 Å². The number of carboxylic acid groups (broad SMARTS) is 3. The molecule has 3 heterocycles. The number of aromatic nitrogens is 6. The molecular formula is C39H38ClF7N10O7. The lowest BCUT2D eigenvalue weighted by Gasteiger charge is -2.38. The number of hydrogen-bond acceptors (Lipinski definition) is 9. The number of halogens is 8. The zero-order chi connectivity index (χ0) is 47.1. The summed E-state index contributed by atoms with van der Waals surface area (Å²) in [7, 11) is 0. The molecule has 2 amide bonds. The monoisotopic (exact) mass is 926 g/mol. The van der Waals surface area contributed by atoms with Crippen LogP contribution >= 0.6 is 11.6 Å². The number of alkyl halides is 7. The molecule has 2 aromatic heterocycles. The molecular weight excluding hydrogens is 889 g/mol. The second-order valence-electron chi connectivity index (χ2n) is 15.8. The van der Waals surface area contributed by atoms with Gasteiger partial charge in [-0.1, -0.05) is 55.8 Å². The number of nitrogens with zero attached hydrogens (tertiary/aromatic N) is 8. The summed E-state index contributed by atoms with van der Waals surface area (Å²) in [4.78, 5) is 53.4. The molecule has 7 rings (SSSR count). The zero-order valence-electron chi connectivity index (χ0n) is 33.5. The highest BCUT2D eigenvalue weighted by Gasteiger charge is 2.62. The molecule has 64 heavy (non-hydrogen) atoms. The van der Waals surface area contributed by atoms with Gasteiger partial charge in [-0.3, -0.25) is 20.0 Å². The SMILES string of the molecule is CC(C)(C[C@]1(c2ccc(-c3cnn(C4CC4)n3)cc2)NC(=N)N([C@H](CN(C(=O)O)C2(C(F)F)CC2)c2ccc(Cl)c(-c3ncnn3C(F)F)c2)C1=O)C(F)(F)F.O=C(O)/C=C\C(=O)O. The van der Waals surface area contributed by atoms with Crippen LogP contribution in [-0.4, -0.2) is 109 Å². The van der Waals surface area contributed by atoms with Crippen LogP contribution in [0.3, 0.4) is 0 Å². The number of carboxylic acids is 2. The van der Waals surface area contributed by atoms with Crippen LogP contribution in [0.5, 0.6) is 0 Å². The minimum atomic E-state index is -4.86. The topological polar surface area (TPSA) is 233 Å². The van der Waals surface area contributed by atoms with Gasteiger partial charge in [0.15, 0.2) is 11.8 Å². The smallest absolute Gasteiger partial charge is 0.408 e. The Morgan fingerprint density at radius 2 is 1.62 bits per heavy atom. The van der Waals surface area contributed by atoms with Crippen molar-refractivity contribution in [2.45, 2.75) is 88.3 Å². The molecule has 1 saturated heterocycles. The molecule has 342 valence electrons. The first-order valence-corrected chi connectivity index (χ1v) is 19.5. The van der Waals surface area contributed by atoms with Crippen LogP contribution in [0.4, 0.5) is 35.5 Å². The molecule has 3 aliphatic rings. The Balaban J connectivity index is 0.000000776. The number of rotatable bonds is 15. The average molecular weight is 927 g/mol. The minimum absolute atomic E-state index is 0.00678. The van der Waals surface area contributed by atoms with Crippen LogP contribution in [0.15, 0.2) is 67.1 Å². The first-order valence-electron chi connectivity index (χ1n) is 19.1. The van der Waals surface area contributed by atoms with Crippen LogP contribution in [0, 0.1) is 10.8 Å². The first kappa shape index (κ1) is 46.9. The Morgan fingerprint density at radius 1 is 1.00 bits per heavy atom. The fourth-order valence-corrected chi connectivity index (χ4v) is 7.46. The maximum absolute atomic E-state index is 15.0. The van der Waals surface area contributed by atoms with Gasteiger partial charge in [-0.05, 0) is 55.4 Å². The number of benzene rings is 2. The van der Waals surface area contributed by atoms with Crippen molar-refractivity contribution in [1.29, 1.82) is 5.41 Å². The van der Waals surface area contributed by atoms with Gasteiger partial charge in [0.1, 0.15) is 23.1 Å². The van der Waals surface area contributed by atoms with Crippen LogP contribution < -0.4 is 5.32 Å².